The SMILES string of the molecule is CCc1nn(C)c(CNc2ccc(F)c(OC)c2)c1Br. The van der Waals surface area contributed by atoms with Crippen molar-refractivity contribution in [1.82, 2.24) is 9.78 Å². The number of hydrogen-bond acceptors (Lipinski definition) is 3. The summed E-state index contributed by atoms with van der Waals surface area (Å²) in [5.74, 6) is -0.138. The Hall–Kier alpha value is -1.56. The largest absolute Gasteiger partial charge is 0.494 e. The third-order valence-electron chi connectivity index (χ3n) is 3.11. The zero-order valence-electron chi connectivity index (χ0n) is 11.7. The number of aromatic nitrogens is 2. The van der Waals surface area contributed by atoms with Crippen LogP contribution in [0, 0.1) is 5.82 Å². The molecule has 0 spiro atoms. The second kappa shape index (κ2) is 6.26. The van der Waals surface area contributed by atoms with E-state index in [-0.39, 0.29) is 11.6 Å². The summed E-state index contributed by atoms with van der Waals surface area (Å²) < 4.78 is 21.2. The van der Waals surface area contributed by atoms with Crippen LogP contribution < -0.4 is 10.1 Å². The van der Waals surface area contributed by atoms with Gasteiger partial charge in [0.1, 0.15) is 0 Å². The van der Waals surface area contributed by atoms with Gasteiger partial charge in [-0.2, -0.15) is 5.10 Å². The van der Waals surface area contributed by atoms with E-state index in [1.807, 2.05) is 11.7 Å². The maximum Gasteiger partial charge on any atom is 0.165 e. The third kappa shape index (κ3) is 2.95. The number of nitrogens with zero attached hydrogens (tertiary/aromatic N) is 2. The fraction of sp³-hybridized carbons (Fsp3) is 0.357. The van der Waals surface area contributed by atoms with Gasteiger partial charge in [0.25, 0.3) is 0 Å². The monoisotopic (exact) mass is 341 g/mol. The molecule has 6 heteroatoms. The molecule has 0 aliphatic heterocycles. The highest BCUT2D eigenvalue weighted by atomic mass is 79.9. The molecule has 0 radical (unpaired) electrons. The Morgan fingerprint density at radius 1 is 1.45 bits per heavy atom. The number of methoxy groups -OCH3 is 1. The molecule has 0 unspecified atom stereocenters. The van der Waals surface area contributed by atoms with Crippen LogP contribution in [0.5, 0.6) is 5.75 Å². The van der Waals surface area contributed by atoms with Gasteiger partial charge in [0, 0.05) is 18.8 Å². The van der Waals surface area contributed by atoms with Gasteiger partial charge < -0.3 is 10.1 Å². The highest BCUT2D eigenvalue weighted by Gasteiger charge is 2.12. The fourth-order valence-electron chi connectivity index (χ4n) is 1.97. The Balaban J connectivity index is 2.15. The molecule has 2 rings (SSSR count). The second-order valence-corrected chi connectivity index (χ2v) is 5.18. The molecule has 0 aliphatic carbocycles. The minimum atomic E-state index is -0.368. The Kier molecular flexibility index (Phi) is 4.65. The average molecular weight is 342 g/mol. The standard InChI is InChI=1S/C14H17BrFN3O/c1-4-11-14(15)12(19(2)18-11)8-17-9-5-6-10(16)13(7-9)20-3/h5-7,17H,4,8H2,1-3H3. The van der Waals surface area contributed by atoms with Gasteiger partial charge in [-0.25, -0.2) is 4.39 Å². The molecule has 0 saturated carbocycles. The van der Waals surface area contributed by atoms with Gasteiger partial charge in [-0.15, -0.1) is 0 Å². The number of aryl methyl sites for hydroxylation is 2. The van der Waals surface area contributed by atoms with E-state index in [9.17, 15) is 4.39 Å². The van der Waals surface area contributed by atoms with Crippen LogP contribution in [0.2, 0.25) is 0 Å². The van der Waals surface area contributed by atoms with Crippen molar-refractivity contribution in [3.63, 3.8) is 0 Å². The lowest BCUT2D eigenvalue weighted by Crippen LogP contribution is -2.06. The number of halogens is 2. The van der Waals surface area contributed by atoms with Gasteiger partial charge in [0.05, 0.1) is 29.5 Å². The molecule has 0 atom stereocenters. The van der Waals surface area contributed by atoms with Gasteiger partial charge in [0.2, 0.25) is 0 Å². The molecule has 2 aromatic rings. The van der Waals surface area contributed by atoms with Crippen molar-refractivity contribution in [1.29, 1.82) is 0 Å². The summed E-state index contributed by atoms with van der Waals surface area (Å²) in [6.45, 7) is 2.66. The Labute approximate surface area is 126 Å². The summed E-state index contributed by atoms with van der Waals surface area (Å²) in [4.78, 5) is 0. The quantitative estimate of drug-likeness (QED) is 0.904. The number of hydrogen-bond donors (Lipinski definition) is 1. The van der Waals surface area contributed by atoms with E-state index in [2.05, 4.69) is 33.3 Å². The first kappa shape index (κ1) is 14.8. The molecular formula is C14H17BrFN3O. The van der Waals surface area contributed by atoms with E-state index in [4.69, 9.17) is 4.74 Å². The highest BCUT2D eigenvalue weighted by Crippen LogP contribution is 2.25. The summed E-state index contributed by atoms with van der Waals surface area (Å²) in [5.41, 5.74) is 2.88. The first-order valence-corrected chi connectivity index (χ1v) is 7.13. The van der Waals surface area contributed by atoms with E-state index in [1.54, 1.807) is 12.1 Å². The molecule has 0 bridgehead atoms. The lowest BCUT2D eigenvalue weighted by molar-refractivity contribution is 0.387. The number of ether oxygens (including phenoxy) is 1. The van der Waals surface area contributed by atoms with Gasteiger partial charge in [-0.05, 0) is 34.5 Å². The highest BCUT2D eigenvalue weighted by molar-refractivity contribution is 9.10. The number of benzene rings is 1. The van der Waals surface area contributed by atoms with Crippen molar-refractivity contribution < 1.29 is 9.13 Å². The molecule has 4 nitrogen and oxygen atoms in total. The molecule has 0 fully saturated rings. The van der Waals surface area contributed by atoms with Crippen LogP contribution in [0.4, 0.5) is 10.1 Å². The van der Waals surface area contributed by atoms with Crippen molar-refractivity contribution in [2.75, 3.05) is 12.4 Å². The van der Waals surface area contributed by atoms with E-state index >= 15 is 0 Å². The Bertz CT molecular complexity index is 613. The zero-order valence-corrected chi connectivity index (χ0v) is 13.3. The molecule has 1 N–H and O–H groups in total. The van der Waals surface area contributed by atoms with Crippen LogP contribution in [0.15, 0.2) is 22.7 Å². The van der Waals surface area contributed by atoms with Crippen LogP contribution in [0.3, 0.4) is 0 Å². The molecule has 1 aromatic carbocycles. The third-order valence-corrected chi connectivity index (χ3v) is 4.03. The van der Waals surface area contributed by atoms with E-state index < -0.39 is 0 Å². The first-order valence-electron chi connectivity index (χ1n) is 6.34. The summed E-state index contributed by atoms with van der Waals surface area (Å²) in [6.07, 6.45) is 0.874. The molecule has 0 aliphatic rings. The minimum Gasteiger partial charge on any atom is -0.494 e. The summed E-state index contributed by atoms with van der Waals surface area (Å²) in [5, 5.41) is 7.68. The van der Waals surface area contributed by atoms with Crippen molar-refractivity contribution >= 4 is 21.6 Å². The zero-order chi connectivity index (χ0) is 14.7. The number of nitrogens with one attached hydrogen (secondary N) is 1. The number of rotatable bonds is 5. The lowest BCUT2D eigenvalue weighted by atomic mass is 10.2. The van der Waals surface area contributed by atoms with Gasteiger partial charge in [-0.3, -0.25) is 4.68 Å². The lowest BCUT2D eigenvalue weighted by Gasteiger charge is -2.09. The van der Waals surface area contributed by atoms with Crippen LogP contribution in [-0.4, -0.2) is 16.9 Å². The molecular weight excluding hydrogens is 325 g/mol. The van der Waals surface area contributed by atoms with Crippen LogP contribution in [0.1, 0.15) is 18.3 Å². The molecule has 20 heavy (non-hydrogen) atoms. The molecule has 1 aromatic heterocycles. The molecule has 1 heterocycles. The van der Waals surface area contributed by atoms with Gasteiger partial charge in [-0.1, -0.05) is 6.92 Å². The second-order valence-electron chi connectivity index (χ2n) is 4.39. The Morgan fingerprint density at radius 2 is 2.20 bits per heavy atom. The van der Waals surface area contributed by atoms with Crippen LogP contribution in [-0.2, 0) is 20.0 Å². The predicted octanol–water partition coefficient (Wildman–Crippen LogP) is 3.50. The molecule has 108 valence electrons. The maximum atomic E-state index is 13.3. The van der Waals surface area contributed by atoms with Crippen LogP contribution >= 0.6 is 15.9 Å². The van der Waals surface area contributed by atoms with Crippen molar-refractivity contribution in [3.05, 3.63) is 39.9 Å². The topological polar surface area (TPSA) is 39.1 Å². The van der Waals surface area contributed by atoms with Crippen molar-refractivity contribution in [2.45, 2.75) is 19.9 Å². The average Bonchev–Trinajstić information content (AvgIpc) is 2.72. The summed E-state index contributed by atoms with van der Waals surface area (Å²) >= 11 is 3.57. The van der Waals surface area contributed by atoms with Gasteiger partial charge >= 0.3 is 0 Å². The van der Waals surface area contributed by atoms with Crippen molar-refractivity contribution in [3.8, 4) is 5.75 Å². The molecule has 0 amide bonds. The Morgan fingerprint density at radius 3 is 2.80 bits per heavy atom. The predicted molar refractivity (Wildman–Crippen MR) is 80.6 cm³/mol. The minimum absolute atomic E-state index is 0.230. The van der Waals surface area contributed by atoms with E-state index in [1.165, 1.54) is 13.2 Å². The normalized spacial score (nSPS) is 10.7. The summed E-state index contributed by atoms with van der Waals surface area (Å²) in [7, 11) is 3.36. The first-order chi connectivity index (χ1) is 9.56. The molecule has 0 saturated heterocycles. The van der Waals surface area contributed by atoms with Crippen LogP contribution in [0.25, 0.3) is 0 Å². The fourth-order valence-corrected chi connectivity index (χ4v) is 2.72. The summed E-state index contributed by atoms with van der Waals surface area (Å²) in [6, 6.07) is 4.71. The maximum absolute atomic E-state index is 13.3. The van der Waals surface area contributed by atoms with E-state index in [0.29, 0.717) is 6.54 Å². The van der Waals surface area contributed by atoms with E-state index in [0.717, 1.165) is 28.0 Å². The number of anilines is 1. The smallest absolute Gasteiger partial charge is 0.165 e. The van der Waals surface area contributed by atoms with Crippen molar-refractivity contribution in [2.24, 2.45) is 7.05 Å². The van der Waals surface area contributed by atoms with Gasteiger partial charge in [0.15, 0.2) is 11.6 Å².